The maximum atomic E-state index is 11.9. The van der Waals surface area contributed by atoms with Gasteiger partial charge in [0.05, 0.1) is 0 Å². The lowest BCUT2D eigenvalue weighted by Crippen LogP contribution is -2.40. The van der Waals surface area contributed by atoms with Crippen molar-refractivity contribution in [3.8, 4) is 0 Å². The van der Waals surface area contributed by atoms with Crippen molar-refractivity contribution in [3.63, 3.8) is 0 Å². The molecule has 1 saturated carbocycles. The molecular weight excluding hydrogens is 220 g/mol. The van der Waals surface area contributed by atoms with Gasteiger partial charge in [-0.25, -0.2) is 4.79 Å². The molecule has 0 bridgehead atoms. The lowest BCUT2D eigenvalue weighted by Gasteiger charge is -2.13. The summed E-state index contributed by atoms with van der Waals surface area (Å²) in [6.45, 7) is 1.74. The summed E-state index contributed by atoms with van der Waals surface area (Å²) < 4.78 is 1.92. The highest BCUT2D eigenvalue weighted by molar-refractivity contribution is 5.95. The smallest absolute Gasteiger partial charge is 0.326 e. The van der Waals surface area contributed by atoms with Crippen molar-refractivity contribution >= 4 is 11.9 Å². The number of nitrogens with zero attached hydrogens (tertiary/aromatic N) is 1. The van der Waals surface area contributed by atoms with Crippen LogP contribution in [-0.2, 0) is 4.79 Å². The Morgan fingerprint density at radius 1 is 1.59 bits per heavy atom. The van der Waals surface area contributed by atoms with Crippen LogP contribution < -0.4 is 5.32 Å². The van der Waals surface area contributed by atoms with Crippen LogP contribution in [-0.4, -0.2) is 27.6 Å². The van der Waals surface area contributed by atoms with Crippen LogP contribution in [0.5, 0.6) is 0 Å². The number of nitrogens with one attached hydrogen (secondary N) is 1. The van der Waals surface area contributed by atoms with Crippen molar-refractivity contribution in [1.82, 2.24) is 9.88 Å². The fraction of sp³-hybridized carbons (Fsp3) is 0.500. The van der Waals surface area contributed by atoms with Crippen molar-refractivity contribution < 1.29 is 14.7 Å². The first-order valence-corrected chi connectivity index (χ1v) is 5.84. The van der Waals surface area contributed by atoms with Crippen LogP contribution in [0.2, 0.25) is 0 Å². The molecule has 1 fully saturated rings. The summed E-state index contributed by atoms with van der Waals surface area (Å²) in [5.74, 6) is -1.30. The number of carboxylic acid groups (broad SMARTS) is 1. The minimum Gasteiger partial charge on any atom is -0.480 e. The molecule has 1 unspecified atom stereocenters. The van der Waals surface area contributed by atoms with Crippen LogP contribution in [0.1, 0.15) is 42.7 Å². The molecule has 1 aromatic heterocycles. The molecule has 0 radical (unpaired) electrons. The predicted octanol–water partition coefficient (Wildman–Crippen LogP) is 1.42. The number of carbonyl (C=O) groups excluding carboxylic acids is 1. The van der Waals surface area contributed by atoms with Crippen molar-refractivity contribution in [3.05, 3.63) is 24.0 Å². The molecule has 1 amide bonds. The fourth-order valence-electron chi connectivity index (χ4n) is 1.83. The van der Waals surface area contributed by atoms with E-state index >= 15 is 0 Å². The number of hydrogen-bond donors (Lipinski definition) is 2. The summed E-state index contributed by atoms with van der Waals surface area (Å²) >= 11 is 0. The molecule has 5 heteroatoms. The van der Waals surface area contributed by atoms with E-state index in [1.54, 1.807) is 13.0 Å². The van der Waals surface area contributed by atoms with Crippen molar-refractivity contribution in [2.75, 3.05) is 0 Å². The number of aromatic nitrogens is 1. The lowest BCUT2D eigenvalue weighted by molar-refractivity contribution is -0.139. The second-order valence-corrected chi connectivity index (χ2v) is 4.30. The van der Waals surface area contributed by atoms with E-state index < -0.39 is 12.0 Å². The number of carboxylic acids is 1. The van der Waals surface area contributed by atoms with E-state index in [1.165, 1.54) is 0 Å². The van der Waals surface area contributed by atoms with Crippen molar-refractivity contribution in [2.24, 2.45) is 0 Å². The van der Waals surface area contributed by atoms with Gasteiger partial charge in [0.2, 0.25) is 0 Å². The summed E-state index contributed by atoms with van der Waals surface area (Å²) in [5.41, 5.74) is 0.548. The number of aliphatic carboxylic acids is 1. The zero-order valence-corrected chi connectivity index (χ0v) is 9.72. The van der Waals surface area contributed by atoms with E-state index in [1.807, 2.05) is 16.8 Å². The predicted molar refractivity (Wildman–Crippen MR) is 61.9 cm³/mol. The number of carbonyl (C=O) groups is 2. The van der Waals surface area contributed by atoms with Gasteiger partial charge in [0.1, 0.15) is 11.7 Å². The minimum atomic E-state index is -0.995. The second-order valence-electron chi connectivity index (χ2n) is 4.30. The highest BCUT2D eigenvalue weighted by atomic mass is 16.4. The zero-order chi connectivity index (χ0) is 12.4. The van der Waals surface area contributed by atoms with Crippen LogP contribution in [0.3, 0.4) is 0 Å². The molecule has 0 aliphatic heterocycles. The van der Waals surface area contributed by atoms with Gasteiger partial charge >= 0.3 is 5.97 Å². The Labute approximate surface area is 99.4 Å². The van der Waals surface area contributed by atoms with Gasteiger partial charge in [-0.3, -0.25) is 4.79 Å². The third-order valence-corrected chi connectivity index (χ3v) is 2.96. The molecule has 0 saturated heterocycles. The highest BCUT2D eigenvalue weighted by Gasteiger charge is 2.28. The first kappa shape index (κ1) is 11.7. The maximum absolute atomic E-state index is 11.9. The largest absolute Gasteiger partial charge is 0.480 e. The van der Waals surface area contributed by atoms with Crippen LogP contribution in [0, 0.1) is 0 Å². The fourth-order valence-corrected chi connectivity index (χ4v) is 1.83. The van der Waals surface area contributed by atoms with Gasteiger partial charge in [-0.15, -0.1) is 0 Å². The van der Waals surface area contributed by atoms with Gasteiger partial charge in [-0.2, -0.15) is 0 Å². The average molecular weight is 236 g/mol. The summed E-state index contributed by atoms with van der Waals surface area (Å²) in [4.78, 5) is 22.8. The summed E-state index contributed by atoms with van der Waals surface area (Å²) in [6, 6.07) is 3.14. The molecule has 1 aliphatic carbocycles. The highest BCUT2D eigenvalue weighted by Crippen LogP contribution is 2.35. The van der Waals surface area contributed by atoms with E-state index in [9.17, 15) is 9.59 Å². The number of hydrogen-bond acceptors (Lipinski definition) is 2. The molecular formula is C12H16N2O3. The van der Waals surface area contributed by atoms with Crippen LogP contribution >= 0.6 is 0 Å². The van der Waals surface area contributed by atoms with Gasteiger partial charge in [0.15, 0.2) is 0 Å². The van der Waals surface area contributed by atoms with Gasteiger partial charge in [0, 0.05) is 12.2 Å². The first-order chi connectivity index (χ1) is 8.13. The molecule has 2 N–H and O–H groups in total. The molecule has 1 heterocycles. The Bertz CT molecular complexity index is 435. The molecule has 2 rings (SSSR count). The molecule has 5 nitrogen and oxygen atoms in total. The van der Waals surface area contributed by atoms with Crippen LogP contribution in [0.15, 0.2) is 18.3 Å². The minimum absolute atomic E-state index is 0.309. The molecule has 1 aliphatic rings. The molecule has 0 aromatic carbocycles. The maximum Gasteiger partial charge on any atom is 0.326 e. The van der Waals surface area contributed by atoms with E-state index in [2.05, 4.69) is 5.32 Å². The monoisotopic (exact) mass is 236 g/mol. The third-order valence-electron chi connectivity index (χ3n) is 2.96. The Balaban J connectivity index is 2.08. The topological polar surface area (TPSA) is 71.3 Å². The van der Waals surface area contributed by atoms with Crippen molar-refractivity contribution in [2.45, 2.75) is 38.3 Å². The lowest BCUT2D eigenvalue weighted by atomic mass is 10.2. The zero-order valence-electron chi connectivity index (χ0n) is 9.72. The molecule has 17 heavy (non-hydrogen) atoms. The first-order valence-electron chi connectivity index (χ1n) is 5.84. The molecule has 92 valence electrons. The van der Waals surface area contributed by atoms with E-state index in [0.29, 0.717) is 18.2 Å². The van der Waals surface area contributed by atoms with E-state index in [-0.39, 0.29) is 5.91 Å². The van der Waals surface area contributed by atoms with Gasteiger partial charge in [0.25, 0.3) is 5.91 Å². The quantitative estimate of drug-likeness (QED) is 0.812. The Hall–Kier alpha value is -1.78. The summed E-state index contributed by atoms with van der Waals surface area (Å²) in [7, 11) is 0. The SMILES string of the molecule is CCC(NC(=O)c1cccn1C1CC1)C(=O)O. The summed E-state index contributed by atoms with van der Waals surface area (Å²) in [6.07, 6.45) is 4.43. The number of amides is 1. The molecule has 1 atom stereocenters. The van der Waals surface area contributed by atoms with Gasteiger partial charge in [-0.1, -0.05) is 6.92 Å². The van der Waals surface area contributed by atoms with E-state index in [0.717, 1.165) is 12.8 Å². The molecule has 1 aromatic rings. The van der Waals surface area contributed by atoms with Crippen LogP contribution in [0.4, 0.5) is 0 Å². The van der Waals surface area contributed by atoms with Gasteiger partial charge < -0.3 is 15.0 Å². The van der Waals surface area contributed by atoms with E-state index in [4.69, 9.17) is 5.11 Å². The number of rotatable bonds is 5. The van der Waals surface area contributed by atoms with Crippen LogP contribution in [0.25, 0.3) is 0 Å². The standard InChI is InChI=1S/C12H16N2O3/c1-2-9(12(16)17)13-11(15)10-4-3-7-14(10)8-5-6-8/h3-4,7-9H,2,5-6H2,1H3,(H,13,15)(H,16,17). The summed E-state index contributed by atoms with van der Waals surface area (Å²) in [5, 5.41) is 11.4. The Morgan fingerprint density at radius 3 is 2.82 bits per heavy atom. The Morgan fingerprint density at radius 2 is 2.29 bits per heavy atom. The second kappa shape index (κ2) is 4.61. The van der Waals surface area contributed by atoms with Crippen molar-refractivity contribution in [1.29, 1.82) is 0 Å². The Kier molecular flexibility index (Phi) is 3.17. The third kappa shape index (κ3) is 2.49. The average Bonchev–Trinajstić information content (AvgIpc) is 3.03. The molecule has 0 spiro atoms. The van der Waals surface area contributed by atoms with Gasteiger partial charge in [-0.05, 0) is 31.4 Å². The normalized spacial score (nSPS) is 16.5.